The molecular formula is C32H35BrFN3O6. The standard InChI is InChI=1S/C32H35BrFN3O6/c1-3-42-32(40)17-7-10-22(11-8-17)43-27-14-23(26(41-2)15-25(27)34)30(38)37-29-19-5-4-18(12-19)28(29)31(39)36-21-9-6-20(16-35)24(33)13-21/h6,9,13-15,17-19,22,28-29H,3-5,7-8,10-12H2,1-2H3,(H,36,39)(H,37,38)/t17?,18-,19+,22?,28+,29-/m1/s1. The molecule has 0 heterocycles. The van der Waals surface area contributed by atoms with Crippen molar-refractivity contribution in [2.75, 3.05) is 19.0 Å². The van der Waals surface area contributed by atoms with Crippen LogP contribution in [0.4, 0.5) is 10.1 Å². The van der Waals surface area contributed by atoms with E-state index in [1.54, 1.807) is 25.1 Å². The Balaban J connectivity index is 1.29. The molecule has 9 nitrogen and oxygen atoms in total. The van der Waals surface area contributed by atoms with E-state index in [1.807, 2.05) is 0 Å². The summed E-state index contributed by atoms with van der Waals surface area (Å²) >= 11 is 3.36. The number of methoxy groups -OCH3 is 1. The highest BCUT2D eigenvalue weighted by molar-refractivity contribution is 9.10. The van der Waals surface area contributed by atoms with Crippen LogP contribution in [-0.2, 0) is 14.3 Å². The number of fused-ring (bicyclic) bond motifs is 2. The Labute approximate surface area is 258 Å². The predicted octanol–water partition coefficient (Wildman–Crippen LogP) is 5.75. The number of anilines is 1. The summed E-state index contributed by atoms with van der Waals surface area (Å²) in [7, 11) is 1.37. The van der Waals surface area contributed by atoms with Gasteiger partial charge in [0.15, 0.2) is 11.6 Å². The molecule has 3 fully saturated rings. The van der Waals surface area contributed by atoms with Gasteiger partial charge in [0.2, 0.25) is 5.91 Å². The lowest BCUT2D eigenvalue weighted by atomic mass is 9.83. The molecule has 3 aliphatic rings. The molecule has 2 aromatic rings. The van der Waals surface area contributed by atoms with E-state index in [4.69, 9.17) is 14.2 Å². The molecule has 2 amide bonds. The van der Waals surface area contributed by atoms with Gasteiger partial charge in [0.1, 0.15) is 11.8 Å². The molecule has 3 aliphatic carbocycles. The zero-order valence-corrected chi connectivity index (χ0v) is 25.7. The zero-order valence-electron chi connectivity index (χ0n) is 24.2. The number of nitrogens with one attached hydrogen (secondary N) is 2. The molecule has 0 radical (unpaired) electrons. The highest BCUT2D eigenvalue weighted by Gasteiger charge is 2.51. The Kier molecular flexibility index (Phi) is 9.55. The first-order valence-electron chi connectivity index (χ1n) is 14.7. The number of halogens is 2. The van der Waals surface area contributed by atoms with Crippen molar-refractivity contribution in [2.45, 2.75) is 64.0 Å². The Morgan fingerprint density at radius 3 is 2.47 bits per heavy atom. The van der Waals surface area contributed by atoms with E-state index >= 15 is 4.39 Å². The fourth-order valence-corrected chi connectivity index (χ4v) is 7.31. The number of benzene rings is 2. The molecular weight excluding hydrogens is 621 g/mol. The smallest absolute Gasteiger partial charge is 0.308 e. The van der Waals surface area contributed by atoms with Crippen molar-refractivity contribution in [1.29, 1.82) is 5.26 Å². The highest BCUT2D eigenvalue weighted by Crippen LogP contribution is 2.49. The first-order valence-corrected chi connectivity index (χ1v) is 15.5. The maximum absolute atomic E-state index is 15.0. The van der Waals surface area contributed by atoms with Gasteiger partial charge in [0, 0.05) is 22.3 Å². The number of hydrogen-bond donors (Lipinski definition) is 2. The first kappa shape index (κ1) is 30.8. The van der Waals surface area contributed by atoms with Crippen LogP contribution in [-0.4, -0.2) is 43.6 Å². The summed E-state index contributed by atoms with van der Waals surface area (Å²) in [4.78, 5) is 39.2. The van der Waals surface area contributed by atoms with Crippen LogP contribution < -0.4 is 20.1 Å². The van der Waals surface area contributed by atoms with E-state index in [0.717, 1.165) is 25.3 Å². The summed E-state index contributed by atoms with van der Waals surface area (Å²) in [5.74, 6) is -1.85. The fourth-order valence-electron chi connectivity index (χ4n) is 6.84. The van der Waals surface area contributed by atoms with Gasteiger partial charge in [-0.2, -0.15) is 5.26 Å². The maximum atomic E-state index is 15.0. The topological polar surface area (TPSA) is 127 Å². The third kappa shape index (κ3) is 6.64. The first-order chi connectivity index (χ1) is 20.7. The van der Waals surface area contributed by atoms with Crippen LogP contribution in [0.15, 0.2) is 34.8 Å². The number of rotatable bonds is 9. The van der Waals surface area contributed by atoms with E-state index in [9.17, 15) is 19.6 Å². The van der Waals surface area contributed by atoms with Gasteiger partial charge in [-0.05, 0) is 104 Å². The van der Waals surface area contributed by atoms with Crippen molar-refractivity contribution < 1.29 is 33.0 Å². The van der Waals surface area contributed by atoms with Gasteiger partial charge in [-0.25, -0.2) is 4.39 Å². The second-order valence-electron chi connectivity index (χ2n) is 11.5. The lowest BCUT2D eigenvalue weighted by Crippen LogP contribution is -2.48. The van der Waals surface area contributed by atoms with Gasteiger partial charge in [0.25, 0.3) is 5.91 Å². The monoisotopic (exact) mass is 655 g/mol. The summed E-state index contributed by atoms with van der Waals surface area (Å²) in [5, 5.41) is 15.2. The number of amides is 2. The van der Waals surface area contributed by atoms with Crippen LogP contribution in [0.5, 0.6) is 11.5 Å². The minimum atomic E-state index is -0.647. The van der Waals surface area contributed by atoms with E-state index in [1.165, 1.54) is 13.2 Å². The van der Waals surface area contributed by atoms with Gasteiger partial charge in [-0.15, -0.1) is 0 Å². The second-order valence-corrected chi connectivity index (χ2v) is 12.3. The molecule has 5 rings (SSSR count). The van der Waals surface area contributed by atoms with Crippen LogP contribution in [0.25, 0.3) is 0 Å². The van der Waals surface area contributed by atoms with Gasteiger partial charge in [-0.3, -0.25) is 14.4 Å². The van der Waals surface area contributed by atoms with E-state index in [-0.39, 0.29) is 52.8 Å². The normalized spacial score (nSPS) is 25.8. The molecule has 0 unspecified atom stereocenters. The van der Waals surface area contributed by atoms with Gasteiger partial charge >= 0.3 is 5.97 Å². The average Bonchev–Trinajstić information content (AvgIpc) is 3.60. The van der Waals surface area contributed by atoms with Gasteiger partial charge in [-0.1, -0.05) is 0 Å². The molecule has 0 spiro atoms. The average molecular weight is 657 g/mol. The van der Waals surface area contributed by atoms with E-state index in [2.05, 4.69) is 32.6 Å². The number of nitriles is 1. The number of esters is 1. The molecule has 43 heavy (non-hydrogen) atoms. The molecule has 4 atom stereocenters. The maximum Gasteiger partial charge on any atom is 0.308 e. The number of hydrogen-bond acceptors (Lipinski definition) is 7. The summed E-state index contributed by atoms with van der Waals surface area (Å²) < 4.78 is 32.1. The van der Waals surface area contributed by atoms with Crippen LogP contribution in [0, 0.1) is 40.8 Å². The molecule has 0 aliphatic heterocycles. The summed E-state index contributed by atoms with van der Waals surface area (Å²) in [6.07, 6.45) is 4.65. The van der Waals surface area contributed by atoms with Crippen molar-refractivity contribution >= 4 is 39.4 Å². The van der Waals surface area contributed by atoms with Crippen LogP contribution in [0.2, 0.25) is 0 Å². The predicted molar refractivity (Wildman–Crippen MR) is 159 cm³/mol. The van der Waals surface area contributed by atoms with E-state index in [0.29, 0.717) is 48.0 Å². The SMILES string of the molecule is CCOC(=O)C1CCC(Oc2cc(C(=O)N[C@@H]3[C@H]4CC[C@H](C4)[C@@H]3C(=O)Nc3ccc(C#N)c(Br)c3)c(OC)cc2F)CC1. The second kappa shape index (κ2) is 13.3. The molecule has 0 saturated heterocycles. The summed E-state index contributed by atoms with van der Waals surface area (Å²) in [6, 6.07) is 9.18. The van der Waals surface area contributed by atoms with Crippen molar-refractivity contribution in [3.05, 3.63) is 51.7 Å². The number of nitrogens with zero attached hydrogens (tertiary/aromatic N) is 1. The largest absolute Gasteiger partial charge is 0.496 e. The molecule has 2 aromatic carbocycles. The van der Waals surface area contributed by atoms with Crippen molar-refractivity contribution in [1.82, 2.24) is 5.32 Å². The van der Waals surface area contributed by atoms with Crippen molar-refractivity contribution in [2.24, 2.45) is 23.7 Å². The Morgan fingerprint density at radius 1 is 1.05 bits per heavy atom. The molecule has 0 aromatic heterocycles. The lowest BCUT2D eigenvalue weighted by Gasteiger charge is -2.31. The third-order valence-corrected chi connectivity index (χ3v) is 9.62. The van der Waals surface area contributed by atoms with Crippen LogP contribution >= 0.6 is 15.9 Å². The van der Waals surface area contributed by atoms with Crippen molar-refractivity contribution in [3.63, 3.8) is 0 Å². The minimum absolute atomic E-state index is 0.0563. The minimum Gasteiger partial charge on any atom is -0.496 e. The molecule has 2 bridgehead atoms. The van der Waals surface area contributed by atoms with Gasteiger partial charge < -0.3 is 24.8 Å². The van der Waals surface area contributed by atoms with Crippen molar-refractivity contribution in [3.8, 4) is 17.6 Å². The number of carbonyl (C=O) groups is 3. The summed E-state index contributed by atoms with van der Waals surface area (Å²) in [6.45, 7) is 2.11. The quantitative estimate of drug-likeness (QED) is 0.329. The Bertz CT molecular complexity index is 1440. The van der Waals surface area contributed by atoms with E-state index < -0.39 is 23.7 Å². The molecule has 228 valence electrons. The summed E-state index contributed by atoms with van der Waals surface area (Å²) in [5.41, 5.74) is 1.14. The molecule has 11 heteroatoms. The zero-order chi connectivity index (χ0) is 30.7. The van der Waals surface area contributed by atoms with Gasteiger partial charge in [0.05, 0.1) is 42.8 Å². The highest BCUT2D eigenvalue weighted by atomic mass is 79.9. The van der Waals surface area contributed by atoms with Crippen LogP contribution in [0.3, 0.4) is 0 Å². The lowest BCUT2D eigenvalue weighted by molar-refractivity contribution is -0.149. The molecule has 2 N–H and O–H groups in total. The number of carbonyl (C=O) groups excluding carboxylic acids is 3. The van der Waals surface area contributed by atoms with Crippen LogP contribution in [0.1, 0.15) is 67.8 Å². The fraction of sp³-hybridized carbons (Fsp3) is 0.500. The molecule has 3 saturated carbocycles. The Hall–Kier alpha value is -3.65. The number of ether oxygens (including phenoxy) is 3. The third-order valence-electron chi connectivity index (χ3n) is 8.96. The Morgan fingerprint density at radius 2 is 1.79 bits per heavy atom.